The Hall–Kier alpha value is -4.96. The van der Waals surface area contributed by atoms with Crippen LogP contribution in [-0.2, 0) is 11.4 Å². The number of aryl methyl sites for hydroxylation is 1. The standard InChI is InChI=1S/C29H23N3O4/c1-19-6-5-9-27(20(19)2)31-29(33)23(17-30)16-26-25-8-4-3-7-22(25)12-15-28(26)36-18-21-10-13-24(14-11-21)32(34)35/h3-16H,18H2,1-2H3,(H,31,33)/b23-16+. The van der Waals surface area contributed by atoms with Crippen LogP contribution in [0.5, 0.6) is 5.75 Å². The van der Waals surface area contributed by atoms with Gasteiger partial charge in [-0.1, -0.05) is 42.5 Å². The van der Waals surface area contributed by atoms with E-state index in [2.05, 4.69) is 5.32 Å². The molecular formula is C29H23N3O4. The molecule has 0 aliphatic heterocycles. The first-order valence-electron chi connectivity index (χ1n) is 11.2. The van der Waals surface area contributed by atoms with Crippen molar-refractivity contribution >= 4 is 34.1 Å². The lowest BCUT2D eigenvalue weighted by atomic mass is 10.0. The predicted molar refractivity (Wildman–Crippen MR) is 140 cm³/mol. The van der Waals surface area contributed by atoms with Crippen molar-refractivity contribution in [3.8, 4) is 11.8 Å². The van der Waals surface area contributed by atoms with Gasteiger partial charge >= 0.3 is 0 Å². The maximum absolute atomic E-state index is 13.0. The van der Waals surface area contributed by atoms with Crippen LogP contribution in [0.1, 0.15) is 22.3 Å². The molecule has 0 aliphatic carbocycles. The Morgan fingerprint density at radius 1 is 1.03 bits per heavy atom. The third-order valence-electron chi connectivity index (χ3n) is 5.98. The predicted octanol–water partition coefficient (Wildman–Crippen LogP) is 6.49. The topological polar surface area (TPSA) is 105 Å². The summed E-state index contributed by atoms with van der Waals surface area (Å²) in [5, 5.41) is 25.3. The van der Waals surface area contributed by atoms with E-state index in [0.717, 1.165) is 27.5 Å². The van der Waals surface area contributed by atoms with Crippen molar-refractivity contribution in [3.63, 3.8) is 0 Å². The smallest absolute Gasteiger partial charge is 0.269 e. The van der Waals surface area contributed by atoms with Gasteiger partial charge in [-0.05, 0) is 71.7 Å². The maximum atomic E-state index is 13.0. The minimum atomic E-state index is -0.513. The Balaban J connectivity index is 1.68. The molecule has 0 unspecified atom stereocenters. The summed E-state index contributed by atoms with van der Waals surface area (Å²) in [5.41, 5.74) is 3.90. The highest BCUT2D eigenvalue weighted by Crippen LogP contribution is 2.31. The normalized spacial score (nSPS) is 11.1. The highest BCUT2D eigenvalue weighted by molar-refractivity contribution is 6.11. The number of amides is 1. The van der Waals surface area contributed by atoms with Gasteiger partial charge in [0.2, 0.25) is 0 Å². The molecule has 7 nitrogen and oxygen atoms in total. The second kappa shape index (κ2) is 10.5. The van der Waals surface area contributed by atoms with E-state index in [1.54, 1.807) is 24.3 Å². The molecule has 0 fully saturated rings. The SMILES string of the molecule is Cc1cccc(NC(=O)/C(C#N)=C/c2c(OCc3ccc([N+](=O)[O-])cc3)ccc3ccccc23)c1C. The van der Waals surface area contributed by atoms with Crippen molar-refractivity contribution in [2.75, 3.05) is 5.32 Å². The number of carbonyl (C=O) groups is 1. The number of nitro benzene ring substituents is 1. The molecule has 0 spiro atoms. The molecule has 0 bridgehead atoms. The second-order valence-corrected chi connectivity index (χ2v) is 8.28. The van der Waals surface area contributed by atoms with Gasteiger partial charge < -0.3 is 10.1 Å². The number of anilines is 1. The van der Waals surface area contributed by atoms with Gasteiger partial charge in [0.25, 0.3) is 11.6 Å². The molecule has 36 heavy (non-hydrogen) atoms. The van der Waals surface area contributed by atoms with Gasteiger partial charge in [-0.3, -0.25) is 14.9 Å². The summed E-state index contributed by atoms with van der Waals surface area (Å²) >= 11 is 0. The summed E-state index contributed by atoms with van der Waals surface area (Å²) in [4.78, 5) is 23.5. The third kappa shape index (κ3) is 5.24. The first kappa shape index (κ1) is 24.2. The number of fused-ring (bicyclic) bond motifs is 1. The lowest BCUT2D eigenvalue weighted by Gasteiger charge is -2.13. The average Bonchev–Trinajstić information content (AvgIpc) is 2.89. The van der Waals surface area contributed by atoms with Gasteiger partial charge in [0.05, 0.1) is 4.92 Å². The zero-order valence-corrected chi connectivity index (χ0v) is 19.8. The Morgan fingerprint density at radius 2 is 1.78 bits per heavy atom. The van der Waals surface area contributed by atoms with Gasteiger partial charge in [-0.25, -0.2) is 0 Å². The lowest BCUT2D eigenvalue weighted by molar-refractivity contribution is -0.384. The van der Waals surface area contributed by atoms with Crippen LogP contribution in [0.4, 0.5) is 11.4 Å². The molecule has 1 amide bonds. The van der Waals surface area contributed by atoms with Crippen LogP contribution in [0.15, 0.2) is 84.4 Å². The number of nitro groups is 1. The fourth-order valence-electron chi connectivity index (χ4n) is 3.79. The van der Waals surface area contributed by atoms with Gasteiger partial charge in [-0.15, -0.1) is 0 Å². The summed E-state index contributed by atoms with van der Waals surface area (Å²) in [5.74, 6) is -0.0280. The molecule has 7 heteroatoms. The molecule has 4 aromatic carbocycles. The molecule has 178 valence electrons. The number of nitrogens with zero attached hydrogens (tertiary/aromatic N) is 2. The maximum Gasteiger partial charge on any atom is 0.269 e. The van der Waals surface area contributed by atoms with Gasteiger partial charge in [0.1, 0.15) is 24.0 Å². The molecular weight excluding hydrogens is 454 g/mol. The molecule has 0 aliphatic rings. The van der Waals surface area contributed by atoms with E-state index >= 15 is 0 Å². The van der Waals surface area contributed by atoms with Gasteiger partial charge in [0.15, 0.2) is 0 Å². The highest BCUT2D eigenvalue weighted by Gasteiger charge is 2.15. The van der Waals surface area contributed by atoms with Crippen LogP contribution in [-0.4, -0.2) is 10.8 Å². The van der Waals surface area contributed by atoms with Crippen molar-refractivity contribution in [1.82, 2.24) is 0 Å². The van der Waals surface area contributed by atoms with E-state index in [0.29, 0.717) is 17.0 Å². The summed E-state index contributed by atoms with van der Waals surface area (Å²) in [6, 6.07) is 25.0. The molecule has 0 saturated carbocycles. The van der Waals surface area contributed by atoms with E-state index in [9.17, 15) is 20.2 Å². The number of hydrogen-bond donors (Lipinski definition) is 1. The van der Waals surface area contributed by atoms with Crippen molar-refractivity contribution in [2.24, 2.45) is 0 Å². The average molecular weight is 478 g/mol. The van der Waals surface area contributed by atoms with E-state index < -0.39 is 10.8 Å². The number of benzene rings is 4. The van der Waals surface area contributed by atoms with Crippen LogP contribution in [0.2, 0.25) is 0 Å². The van der Waals surface area contributed by atoms with Crippen molar-refractivity contribution < 1.29 is 14.5 Å². The Labute approximate surface area is 208 Å². The van der Waals surface area contributed by atoms with E-state index in [4.69, 9.17) is 4.74 Å². The Morgan fingerprint density at radius 3 is 2.50 bits per heavy atom. The third-order valence-corrected chi connectivity index (χ3v) is 5.98. The minimum absolute atomic E-state index is 0.00148. The number of nitriles is 1. The summed E-state index contributed by atoms with van der Waals surface area (Å²) in [6.07, 6.45) is 1.54. The first-order valence-corrected chi connectivity index (χ1v) is 11.2. The minimum Gasteiger partial charge on any atom is -0.488 e. The van der Waals surface area contributed by atoms with Crippen molar-refractivity contribution in [1.29, 1.82) is 5.26 Å². The molecule has 0 heterocycles. The first-order chi connectivity index (χ1) is 17.4. The highest BCUT2D eigenvalue weighted by atomic mass is 16.6. The van der Waals surface area contributed by atoms with Gasteiger partial charge in [0, 0.05) is 23.4 Å². The van der Waals surface area contributed by atoms with Crippen molar-refractivity contribution in [2.45, 2.75) is 20.5 Å². The fourth-order valence-corrected chi connectivity index (χ4v) is 3.79. The van der Waals surface area contributed by atoms with Gasteiger partial charge in [-0.2, -0.15) is 5.26 Å². The summed E-state index contributed by atoms with van der Waals surface area (Å²) in [7, 11) is 0. The zero-order chi connectivity index (χ0) is 25.7. The summed E-state index contributed by atoms with van der Waals surface area (Å²) < 4.78 is 6.05. The largest absolute Gasteiger partial charge is 0.488 e. The molecule has 0 radical (unpaired) electrons. The number of hydrogen-bond acceptors (Lipinski definition) is 5. The molecule has 0 aromatic heterocycles. The van der Waals surface area contributed by atoms with Crippen LogP contribution in [0.25, 0.3) is 16.8 Å². The quantitative estimate of drug-likeness (QED) is 0.142. The van der Waals surface area contributed by atoms with Crippen LogP contribution in [0, 0.1) is 35.3 Å². The zero-order valence-electron chi connectivity index (χ0n) is 19.8. The number of nitrogens with one attached hydrogen (secondary N) is 1. The van der Waals surface area contributed by atoms with Crippen LogP contribution < -0.4 is 10.1 Å². The fraction of sp³-hybridized carbons (Fsp3) is 0.103. The molecule has 4 aromatic rings. The number of non-ortho nitro benzene ring substituents is 1. The monoisotopic (exact) mass is 477 g/mol. The summed E-state index contributed by atoms with van der Waals surface area (Å²) in [6.45, 7) is 4.03. The Bertz CT molecular complexity index is 1530. The van der Waals surface area contributed by atoms with E-state index in [1.807, 2.05) is 62.4 Å². The van der Waals surface area contributed by atoms with Crippen LogP contribution >= 0.6 is 0 Å². The second-order valence-electron chi connectivity index (χ2n) is 8.28. The molecule has 0 atom stereocenters. The van der Waals surface area contributed by atoms with E-state index in [1.165, 1.54) is 18.2 Å². The molecule has 0 saturated heterocycles. The number of rotatable bonds is 7. The van der Waals surface area contributed by atoms with E-state index in [-0.39, 0.29) is 17.9 Å². The molecule has 1 N–H and O–H groups in total. The van der Waals surface area contributed by atoms with Crippen molar-refractivity contribution in [3.05, 3.63) is 117 Å². The lowest BCUT2D eigenvalue weighted by Crippen LogP contribution is -2.14. The number of ether oxygens (including phenoxy) is 1. The number of carbonyl (C=O) groups excluding carboxylic acids is 1. The molecule has 4 rings (SSSR count). The van der Waals surface area contributed by atoms with Crippen LogP contribution in [0.3, 0.4) is 0 Å². The Kier molecular flexibility index (Phi) is 7.07.